The number of benzene rings is 1. The standard InChI is InChI=1S/C19H22N2O/c1-14-6-5-9-18(20-14)21-12-15-10-19(22,11-16(15)13-21)17-7-3-2-4-8-17/h2-9,15-16,22H,10-13H2,1H3/t15-,16+,19-. The zero-order valence-electron chi connectivity index (χ0n) is 12.9. The fraction of sp³-hybridized carbons (Fsp3) is 0.421. The second-order valence-electron chi connectivity index (χ2n) is 6.87. The summed E-state index contributed by atoms with van der Waals surface area (Å²) in [7, 11) is 0. The van der Waals surface area contributed by atoms with Gasteiger partial charge in [0.2, 0.25) is 0 Å². The van der Waals surface area contributed by atoms with Crippen molar-refractivity contribution < 1.29 is 5.11 Å². The number of aryl methyl sites for hydroxylation is 1. The average molecular weight is 294 g/mol. The Balaban J connectivity index is 1.51. The number of rotatable bonds is 2. The Bertz CT molecular complexity index is 656. The van der Waals surface area contributed by atoms with Crippen LogP contribution in [-0.2, 0) is 5.60 Å². The van der Waals surface area contributed by atoms with E-state index in [1.165, 1.54) is 0 Å². The number of fused-ring (bicyclic) bond motifs is 1. The van der Waals surface area contributed by atoms with Gasteiger partial charge in [0.05, 0.1) is 5.60 Å². The number of aromatic nitrogens is 1. The molecule has 2 aromatic rings. The van der Waals surface area contributed by atoms with Crippen molar-refractivity contribution in [3.05, 3.63) is 59.8 Å². The fourth-order valence-electron chi connectivity index (χ4n) is 4.23. The van der Waals surface area contributed by atoms with Crippen molar-refractivity contribution in [2.45, 2.75) is 25.4 Å². The Morgan fingerprint density at radius 2 is 1.68 bits per heavy atom. The van der Waals surface area contributed by atoms with Gasteiger partial charge >= 0.3 is 0 Å². The van der Waals surface area contributed by atoms with Crippen LogP contribution in [0.4, 0.5) is 5.82 Å². The lowest BCUT2D eigenvalue weighted by atomic mass is 9.90. The van der Waals surface area contributed by atoms with Crippen molar-refractivity contribution in [3.8, 4) is 0 Å². The third-order valence-corrected chi connectivity index (χ3v) is 5.28. The number of anilines is 1. The summed E-state index contributed by atoms with van der Waals surface area (Å²) in [5.41, 5.74) is 1.50. The molecule has 0 unspecified atom stereocenters. The molecule has 3 nitrogen and oxygen atoms in total. The normalized spacial score (nSPS) is 30.5. The molecule has 1 aliphatic heterocycles. The molecule has 1 N–H and O–H groups in total. The van der Waals surface area contributed by atoms with Gasteiger partial charge in [0.1, 0.15) is 5.82 Å². The van der Waals surface area contributed by atoms with Crippen LogP contribution in [0.25, 0.3) is 0 Å². The fourth-order valence-corrected chi connectivity index (χ4v) is 4.23. The molecule has 2 heterocycles. The summed E-state index contributed by atoms with van der Waals surface area (Å²) in [6, 6.07) is 16.4. The average Bonchev–Trinajstić information content (AvgIpc) is 3.04. The first-order valence-corrected chi connectivity index (χ1v) is 8.11. The summed E-state index contributed by atoms with van der Waals surface area (Å²) < 4.78 is 0. The molecule has 2 fully saturated rings. The zero-order chi connectivity index (χ0) is 15.2. The van der Waals surface area contributed by atoms with Crippen molar-refractivity contribution in [2.24, 2.45) is 11.8 Å². The van der Waals surface area contributed by atoms with Gasteiger partial charge < -0.3 is 10.0 Å². The maximum Gasteiger partial charge on any atom is 0.128 e. The topological polar surface area (TPSA) is 36.4 Å². The Morgan fingerprint density at radius 1 is 1.00 bits per heavy atom. The number of pyridine rings is 1. The molecule has 0 bridgehead atoms. The molecule has 1 aromatic heterocycles. The molecular formula is C19H22N2O. The van der Waals surface area contributed by atoms with Gasteiger partial charge in [-0.3, -0.25) is 0 Å². The van der Waals surface area contributed by atoms with E-state index in [4.69, 9.17) is 0 Å². The lowest BCUT2D eigenvalue weighted by Crippen LogP contribution is -2.28. The Hall–Kier alpha value is -1.87. The molecule has 1 aromatic carbocycles. The molecule has 4 rings (SSSR count). The zero-order valence-corrected chi connectivity index (χ0v) is 12.9. The quantitative estimate of drug-likeness (QED) is 0.924. The first-order valence-electron chi connectivity index (χ1n) is 8.11. The Kier molecular flexibility index (Phi) is 3.19. The highest BCUT2D eigenvalue weighted by Gasteiger charge is 2.49. The van der Waals surface area contributed by atoms with Crippen LogP contribution in [0.3, 0.4) is 0 Å². The van der Waals surface area contributed by atoms with Crippen LogP contribution in [0.1, 0.15) is 24.1 Å². The van der Waals surface area contributed by atoms with Gasteiger partial charge in [-0.25, -0.2) is 4.98 Å². The molecule has 0 radical (unpaired) electrons. The Morgan fingerprint density at radius 3 is 2.32 bits per heavy atom. The van der Waals surface area contributed by atoms with Crippen LogP contribution in [-0.4, -0.2) is 23.2 Å². The predicted octanol–water partition coefficient (Wildman–Crippen LogP) is 3.12. The minimum atomic E-state index is -0.636. The van der Waals surface area contributed by atoms with E-state index in [1.54, 1.807) is 0 Å². The van der Waals surface area contributed by atoms with Crippen molar-refractivity contribution >= 4 is 5.82 Å². The van der Waals surface area contributed by atoms with Gasteiger partial charge in [0, 0.05) is 18.8 Å². The Labute approximate surface area is 131 Å². The van der Waals surface area contributed by atoms with Crippen LogP contribution in [0.15, 0.2) is 48.5 Å². The van der Waals surface area contributed by atoms with E-state index in [9.17, 15) is 5.11 Å². The van der Waals surface area contributed by atoms with Crippen LogP contribution >= 0.6 is 0 Å². The van der Waals surface area contributed by atoms with Gasteiger partial charge in [-0.2, -0.15) is 0 Å². The smallest absolute Gasteiger partial charge is 0.128 e. The lowest BCUT2D eigenvalue weighted by Gasteiger charge is -2.27. The number of aliphatic hydroxyl groups is 1. The van der Waals surface area contributed by atoms with E-state index in [-0.39, 0.29) is 0 Å². The van der Waals surface area contributed by atoms with Crippen molar-refractivity contribution in [3.63, 3.8) is 0 Å². The van der Waals surface area contributed by atoms with Crippen molar-refractivity contribution in [2.75, 3.05) is 18.0 Å². The first-order chi connectivity index (χ1) is 10.6. The van der Waals surface area contributed by atoms with E-state index in [2.05, 4.69) is 34.1 Å². The lowest BCUT2D eigenvalue weighted by molar-refractivity contribution is 0.0365. The van der Waals surface area contributed by atoms with Crippen LogP contribution in [0.5, 0.6) is 0 Å². The summed E-state index contributed by atoms with van der Waals surface area (Å²) in [5, 5.41) is 11.0. The summed E-state index contributed by atoms with van der Waals surface area (Å²) in [6.45, 7) is 4.06. The molecule has 1 aliphatic carbocycles. The van der Waals surface area contributed by atoms with Crippen LogP contribution in [0.2, 0.25) is 0 Å². The van der Waals surface area contributed by atoms with Gasteiger partial charge in [-0.05, 0) is 49.3 Å². The molecule has 1 saturated heterocycles. The summed E-state index contributed by atoms with van der Waals surface area (Å²) >= 11 is 0. The molecule has 114 valence electrons. The van der Waals surface area contributed by atoms with Crippen LogP contribution < -0.4 is 4.90 Å². The van der Waals surface area contributed by atoms with Gasteiger partial charge in [-0.1, -0.05) is 36.4 Å². The molecule has 2 aliphatic rings. The van der Waals surface area contributed by atoms with Crippen LogP contribution in [0, 0.1) is 18.8 Å². The highest BCUT2D eigenvalue weighted by molar-refractivity contribution is 5.41. The summed E-state index contributed by atoms with van der Waals surface area (Å²) in [6.07, 6.45) is 1.73. The highest BCUT2D eigenvalue weighted by Crippen LogP contribution is 2.49. The number of hydrogen-bond acceptors (Lipinski definition) is 3. The van der Waals surface area contributed by atoms with E-state index in [0.29, 0.717) is 11.8 Å². The molecule has 3 heteroatoms. The molecule has 3 atom stereocenters. The molecule has 0 amide bonds. The second kappa shape index (κ2) is 5.10. The van der Waals surface area contributed by atoms with E-state index >= 15 is 0 Å². The monoisotopic (exact) mass is 294 g/mol. The third kappa shape index (κ3) is 2.30. The predicted molar refractivity (Wildman–Crippen MR) is 87.7 cm³/mol. The maximum absolute atomic E-state index is 11.0. The van der Waals surface area contributed by atoms with Gasteiger partial charge in [-0.15, -0.1) is 0 Å². The molecular weight excluding hydrogens is 272 g/mol. The van der Waals surface area contributed by atoms with E-state index in [0.717, 1.165) is 43.0 Å². The van der Waals surface area contributed by atoms with Gasteiger partial charge in [0.25, 0.3) is 0 Å². The third-order valence-electron chi connectivity index (χ3n) is 5.28. The molecule has 1 saturated carbocycles. The van der Waals surface area contributed by atoms with Crippen molar-refractivity contribution in [1.82, 2.24) is 4.98 Å². The second-order valence-corrected chi connectivity index (χ2v) is 6.87. The summed E-state index contributed by atoms with van der Waals surface area (Å²) in [4.78, 5) is 7.02. The minimum Gasteiger partial charge on any atom is -0.385 e. The molecule has 22 heavy (non-hydrogen) atoms. The molecule has 0 spiro atoms. The van der Waals surface area contributed by atoms with E-state index in [1.807, 2.05) is 31.2 Å². The van der Waals surface area contributed by atoms with Crippen molar-refractivity contribution in [1.29, 1.82) is 0 Å². The first kappa shape index (κ1) is 13.8. The largest absolute Gasteiger partial charge is 0.385 e. The number of nitrogens with zero attached hydrogens (tertiary/aromatic N) is 2. The number of hydrogen-bond donors (Lipinski definition) is 1. The van der Waals surface area contributed by atoms with Gasteiger partial charge in [0.15, 0.2) is 0 Å². The summed E-state index contributed by atoms with van der Waals surface area (Å²) in [5.74, 6) is 2.21. The SMILES string of the molecule is Cc1cccc(N2C[C@@H]3C[C@@](O)(c4ccccc4)C[C@@H]3C2)n1. The van der Waals surface area contributed by atoms with E-state index < -0.39 is 5.60 Å². The highest BCUT2D eigenvalue weighted by atomic mass is 16.3. The maximum atomic E-state index is 11.0. The minimum absolute atomic E-state index is 0.563.